The third-order valence-corrected chi connectivity index (χ3v) is 5.33. The Bertz CT molecular complexity index is 412. The zero-order chi connectivity index (χ0) is 16.2. The first-order valence-electron chi connectivity index (χ1n) is 9.60. The van der Waals surface area contributed by atoms with E-state index in [1.165, 1.54) is 38.8 Å². The van der Waals surface area contributed by atoms with Gasteiger partial charge in [0.1, 0.15) is 0 Å². The number of fused-ring (bicyclic) bond motifs is 2. The van der Waals surface area contributed by atoms with Gasteiger partial charge >= 0.3 is 0 Å². The maximum atomic E-state index is 5.95. The highest BCUT2D eigenvalue weighted by Gasteiger charge is 2.41. The molecule has 23 heavy (non-hydrogen) atoms. The Morgan fingerprint density at radius 3 is 2.83 bits per heavy atom. The lowest BCUT2D eigenvalue weighted by atomic mass is 9.96. The van der Waals surface area contributed by atoms with Crippen LogP contribution in [0.4, 0.5) is 0 Å². The summed E-state index contributed by atoms with van der Waals surface area (Å²) >= 11 is 0. The van der Waals surface area contributed by atoms with Crippen molar-refractivity contribution < 1.29 is 4.74 Å². The molecule has 3 rings (SSSR count). The summed E-state index contributed by atoms with van der Waals surface area (Å²) in [6.07, 6.45) is 7.06. The summed E-state index contributed by atoms with van der Waals surface area (Å²) in [6, 6.07) is 1.06. The van der Waals surface area contributed by atoms with E-state index in [9.17, 15) is 0 Å². The monoisotopic (exact) mass is 322 g/mol. The van der Waals surface area contributed by atoms with E-state index in [4.69, 9.17) is 9.73 Å². The van der Waals surface area contributed by atoms with Crippen LogP contribution >= 0.6 is 0 Å². The number of rotatable bonds is 6. The molecule has 0 aliphatic carbocycles. The molecule has 3 heterocycles. The third-order valence-electron chi connectivity index (χ3n) is 5.33. The van der Waals surface area contributed by atoms with Crippen LogP contribution in [0.15, 0.2) is 4.99 Å². The van der Waals surface area contributed by atoms with Crippen LogP contribution in [0.3, 0.4) is 0 Å². The van der Waals surface area contributed by atoms with Gasteiger partial charge in [0, 0.05) is 19.1 Å². The van der Waals surface area contributed by atoms with Gasteiger partial charge in [-0.1, -0.05) is 13.8 Å². The number of guanidine groups is 1. The summed E-state index contributed by atoms with van der Waals surface area (Å²) < 4.78 is 5.95. The van der Waals surface area contributed by atoms with Crippen molar-refractivity contribution in [2.45, 2.75) is 77.2 Å². The van der Waals surface area contributed by atoms with Crippen LogP contribution < -0.4 is 10.6 Å². The lowest BCUT2D eigenvalue weighted by Crippen LogP contribution is -2.48. The second-order valence-corrected chi connectivity index (χ2v) is 7.76. The van der Waals surface area contributed by atoms with E-state index in [-0.39, 0.29) is 0 Å². The van der Waals surface area contributed by atoms with Gasteiger partial charge in [-0.05, 0) is 51.5 Å². The van der Waals surface area contributed by atoms with E-state index >= 15 is 0 Å². The van der Waals surface area contributed by atoms with Crippen molar-refractivity contribution in [1.29, 1.82) is 0 Å². The molecule has 3 unspecified atom stereocenters. The average molecular weight is 322 g/mol. The van der Waals surface area contributed by atoms with Crippen LogP contribution in [-0.2, 0) is 4.74 Å². The minimum Gasteiger partial charge on any atom is -0.373 e. The molecule has 3 aliphatic heterocycles. The van der Waals surface area contributed by atoms with E-state index in [2.05, 4.69) is 36.3 Å². The number of hydrogen-bond acceptors (Lipinski definition) is 3. The fourth-order valence-electron chi connectivity index (χ4n) is 4.29. The van der Waals surface area contributed by atoms with Crippen LogP contribution in [0, 0.1) is 5.92 Å². The standard InChI is InChI=1S/C18H34N4O/c1-4-19-18(21-16-10-15-7-8-17(16)23-15)20-11-14-6-5-9-22(14)12-13(2)3/h13-17H,4-12H2,1-3H3,(H2,19,20,21)/t14-,15?,16?,17?/m1/s1. The number of aliphatic imine (C=N–C) groups is 1. The number of hydrogen-bond donors (Lipinski definition) is 2. The fourth-order valence-corrected chi connectivity index (χ4v) is 4.29. The van der Waals surface area contributed by atoms with E-state index in [0.717, 1.165) is 31.4 Å². The Labute approximate surface area is 141 Å². The molecular weight excluding hydrogens is 288 g/mol. The van der Waals surface area contributed by atoms with E-state index in [1.54, 1.807) is 0 Å². The van der Waals surface area contributed by atoms with Crippen molar-refractivity contribution in [2.24, 2.45) is 10.9 Å². The predicted molar refractivity (Wildman–Crippen MR) is 94.8 cm³/mol. The molecule has 0 aromatic carbocycles. The van der Waals surface area contributed by atoms with Gasteiger partial charge in [-0.15, -0.1) is 0 Å². The molecule has 3 aliphatic rings. The number of likely N-dealkylation sites (tertiary alicyclic amines) is 1. The fraction of sp³-hybridized carbons (Fsp3) is 0.944. The van der Waals surface area contributed by atoms with E-state index in [0.29, 0.717) is 24.3 Å². The number of nitrogens with one attached hydrogen (secondary N) is 2. The van der Waals surface area contributed by atoms with Crippen LogP contribution in [0.2, 0.25) is 0 Å². The second kappa shape index (κ2) is 7.84. The molecule has 3 saturated heterocycles. The summed E-state index contributed by atoms with van der Waals surface area (Å²) in [5.41, 5.74) is 0. The molecule has 0 aromatic heterocycles. The zero-order valence-electron chi connectivity index (χ0n) is 15.1. The Balaban J connectivity index is 1.53. The van der Waals surface area contributed by atoms with E-state index < -0.39 is 0 Å². The lowest BCUT2D eigenvalue weighted by molar-refractivity contribution is 0.0992. The SMILES string of the molecule is CCNC(=NC[C@H]1CCCN1CC(C)C)NC1CC2CCC1O2. The van der Waals surface area contributed by atoms with Crippen LogP contribution in [0.25, 0.3) is 0 Å². The first-order valence-corrected chi connectivity index (χ1v) is 9.60. The first-order chi connectivity index (χ1) is 11.2. The molecular formula is C18H34N4O. The van der Waals surface area contributed by atoms with Gasteiger partial charge in [-0.3, -0.25) is 9.89 Å². The minimum atomic E-state index is 0.396. The third kappa shape index (κ3) is 4.38. The number of ether oxygens (including phenoxy) is 1. The maximum absolute atomic E-state index is 5.95. The maximum Gasteiger partial charge on any atom is 0.191 e. The molecule has 4 atom stereocenters. The topological polar surface area (TPSA) is 48.9 Å². The smallest absolute Gasteiger partial charge is 0.191 e. The molecule has 0 spiro atoms. The molecule has 0 aromatic rings. The summed E-state index contributed by atoms with van der Waals surface area (Å²) in [4.78, 5) is 7.52. The van der Waals surface area contributed by atoms with Gasteiger partial charge in [0.25, 0.3) is 0 Å². The molecule has 2 N–H and O–H groups in total. The Hall–Kier alpha value is -0.810. The van der Waals surface area contributed by atoms with Crippen molar-refractivity contribution in [1.82, 2.24) is 15.5 Å². The molecule has 132 valence electrons. The normalized spacial score (nSPS) is 34.5. The molecule has 3 fully saturated rings. The van der Waals surface area contributed by atoms with E-state index in [1.807, 2.05) is 0 Å². The highest BCUT2D eigenvalue weighted by molar-refractivity contribution is 5.80. The van der Waals surface area contributed by atoms with Gasteiger partial charge in [-0.25, -0.2) is 0 Å². The van der Waals surface area contributed by atoms with Crippen molar-refractivity contribution in [3.8, 4) is 0 Å². The highest BCUT2D eigenvalue weighted by Crippen LogP contribution is 2.34. The minimum absolute atomic E-state index is 0.396. The Morgan fingerprint density at radius 2 is 2.17 bits per heavy atom. The van der Waals surface area contributed by atoms with Crippen LogP contribution in [-0.4, -0.2) is 61.3 Å². The molecule has 5 heteroatoms. The molecule has 0 radical (unpaired) electrons. The highest BCUT2D eigenvalue weighted by atomic mass is 16.5. The lowest BCUT2D eigenvalue weighted by Gasteiger charge is -2.26. The Morgan fingerprint density at radius 1 is 1.30 bits per heavy atom. The van der Waals surface area contributed by atoms with Crippen molar-refractivity contribution in [3.05, 3.63) is 0 Å². The van der Waals surface area contributed by atoms with Crippen molar-refractivity contribution in [2.75, 3.05) is 26.2 Å². The van der Waals surface area contributed by atoms with Crippen LogP contribution in [0.1, 0.15) is 52.9 Å². The van der Waals surface area contributed by atoms with Gasteiger partial charge in [0.2, 0.25) is 0 Å². The summed E-state index contributed by atoms with van der Waals surface area (Å²) in [7, 11) is 0. The predicted octanol–water partition coefficient (Wildman–Crippen LogP) is 1.98. The van der Waals surface area contributed by atoms with Gasteiger partial charge in [-0.2, -0.15) is 0 Å². The Kier molecular flexibility index (Phi) is 5.81. The molecule has 0 saturated carbocycles. The summed E-state index contributed by atoms with van der Waals surface area (Å²) in [5, 5.41) is 7.04. The summed E-state index contributed by atoms with van der Waals surface area (Å²) in [6.45, 7) is 11.0. The van der Waals surface area contributed by atoms with Gasteiger partial charge in [0.05, 0.1) is 24.8 Å². The summed E-state index contributed by atoms with van der Waals surface area (Å²) in [5.74, 6) is 1.71. The number of nitrogens with zero attached hydrogens (tertiary/aromatic N) is 2. The van der Waals surface area contributed by atoms with Crippen molar-refractivity contribution in [3.63, 3.8) is 0 Å². The molecule has 2 bridgehead atoms. The first kappa shape index (κ1) is 17.0. The zero-order valence-corrected chi connectivity index (χ0v) is 15.1. The average Bonchev–Trinajstić information content (AvgIpc) is 3.21. The van der Waals surface area contributed by atoms with Gasteiger partial charge in [0.15, 0.2) is 5.96 Å². The van der Waals surface area contributed by atoms with Crippen molar-refractivity contribution >= 4 is 5.96 Å². The molecule has 0 amide bonds. The largest absolute Gasteiger partial charge is 0.373 e. The second-order valence-electron chi connectivity index (χ2n) is 7.76. The van der Waals surface area contributed by atoms with Gasteiger partial charge < -0.3 is 15.4 Å². The van der Waals surface area contributed by atoms with Crippen LogP contribution in [0.5, 0.6) is 0 Å². The quantitative estimate of drug-likeness (QED) is 0.580. The molecule has 5 nitrogen and oxygen atoms in total.